The van der Waals surface area contributed by atoms with Crippen molar-refractivity contribution in [2.75, 3.05) is 32.8 Å². The predicted octanol–water partition coefficient (Wildman–Crippen LogP) is 0.692. The first kappa shape index (κ1) is 11.0. The number of nitrogens with zero attached hydrogens (tertiary/aromatic N) is 1. The molecular weight excluding hydrogens is 164 g/mol. The highest BCUT2D eigenvalue weighted by atomic mass is 16.5. The number of rotatable bonds is 5. The summed E-state index contributed by atoms with van der Waals surface area (Å²) in [5.41, 5.74) is 5.63. The highest BCUT2D eigenvalue weighted by Crippen LogP contribution is 2.15. The Hall–Kier alpha value is -0.120. The summed E-state index contributed by atoms with van der Waals surface area (Å²) in [4.78, 5) is 2.46. The van der Waals surface area contributed by atoms with Crippen LogP contribution in [-0.4, -0.2) is 43.8 Å². The Morgan fingerprint density at radius 3 is 2.92 bits per heavy atom. The zero-order valence-corrected chi connectivity index (χ0v) is 8.83. The van der Waals surface area contributed by atoms with Crippen molar-refractivity contribution in [3.8, 4) is 0 Å². The Morgan fingerprint density at radius 2 is 2.38 bits per heavy atom. The summed E-state index contributed by atoms with van der Waals surface area (Å²) in [5.74, 6) is 0.717. The molecule has 2 atom stereocenters. The van der Waals surface area contributed by atoms with E-state index in [1.807, 2.05) is 6.92 Å². The van der Waals surface area contributed by atoms with Crippen LogP contribution in [0.15, 0.2) is 0 Å². The van der Waals surface area contributed by atoms with Gasteiger partial charge in [0.25, 0.3) is 0 Å². The quantitative estimate of drug-likeness (QED) is 0.686. The van der Waals surface area contributed by atoms with Gasteiger partial charge in [0.1, 0.15) is 0 Å². The molecule has 1 rings (SSSR count). The maximum atomic E-state index is 5.63. The Bertz CT molecular complexity index is 141. The van der Waals surface area contributed by atoms with Crippen LogP contribution in [0.25, 0.3) is 0 Å². The Labute approximate surface area is 81.2 Å². The fourth-order valence-corrected chi connectivity index (χ4v) is 1.97. The predicted molar refractivity (Wildman–Crippen MR) is 54.7 cm³/mol. The monoisotopic (exact) mass is 186 g/mol. The molecule has 1 saturated heterocycles. The molecule has 0 spiro atoms. The van der Waals surface area contributed by atoms with Gasteiger partial charge in [0, 0.05) is 19.7 Å². The second kappa shape index (κ2) is 5.58. The van der Waals surface area contributed by atoms with Gasteiger partial charge in [-0.3, -0.25) is 0 Å². The molecule has 0 radical (unpaired) electrons. The number of likely N-dealkylation sites (tertiary alicyclic amines) is 1. The maximum absolute atomic E-state index is 5.63. The van der Waals surface area contributed by atoms with Gasteiger partial charge in [-0.05, 0) is 39.3 Å². The highest BCUT2D eigenvalue weighted by molar-refractivity contribution is 4.77. The van der Waals surface area contributed by atoms with E-state index in [1.54, 1.807) is 0 Å². The van der Waals surface area contributed by atoms with Crippen LogP contribution in [0, 0.1) is 5.92 Å². The number of hydrogen-bond donors (Lipinski definition) is 1. The zero-order chi connectivity index (χ0) is 9.68. The Kier molecular flexibility index (Phi) is 4.70. The van der Waals surface area contributed by atoms with Crippen molar-refractivity contribution in [1.29, 1.82) is 0 Å². The highest BCUT2D eigenvalue weighted by Gasteiger charge is 2.22. The molecule has 0 bridgehead atoms. The average Bonchev–Trinajstić information content (AvgIpc) is 2.52. The lowest BCUT2D eigenvalue weighted by Crippen LogP contribution is -2.31. The minimum Gasteiger partial charge on any atom is -0.377 e. The Balaban J connectivity index is 2.16. The number of nitrogens with two attached hydrogens (primary N) is 1. The second-order valence-electron chi connectivity index (χ2n) is 3.92. The maximum Gasteiger partial charge on any atom is 0.0673 e. The molecule has 0 aliphatic carbocycles. The summed E-state index contributed by atoms with van der Waals surface area (Å²) in [6.45, 7) is 9.24. The first-order valence-electron chi connectivity index (χ1n) is 5.30. The molecule has 0 aromatic heterocycles. The second-order valence-corrected chi connectivity index (χ2v) is 3.92. The summed E-state index contributed by atoms with van der Waals surface area (Å²) in [6.07, 6.45) is 1.62. The summed E-state index contributed by atoms with van der Waals surface area (Å²) in [7, 11) is 0. The van der Waals surface area contributed by atoms with Crippen molar-refractivity contribution in [2.45, 2.75) is 26.4 Å². The van der Waals surface area contributed by atoms with Crippen LogP contribution in [0.1, 0.15) is 20.3 Å². The standard InChI is InChI=1S/C10H22N2O/c1-3-13-9(2)7-12-5-4-10(6-11)8-12/h9-10H,3-8,11H2,1-2H3. The third-order valence-electron chi connectivity index (χ3n) is 2.67. The van der Waals surface area contributed by atoms with Gasteiger partial charge in [-0.2, -0.15) is 0 Å². The van der Waals surface area contributed by atoms with E-state index in [0.717, 1.165) is 26.2 Å². The molecule has 1 aliphatic rings. The van der Waals surface area contributed by atoms with Crippen molar-refractivity contribution < 1.29 is 4.74 Å². The lowest BCUT2D eigenvalue weighted by Gasteiger charge is -2.20. The SMILES string of the molecule is CCOC(C)CN1CCC(CN)C1. The number of hydrogen-bond acceptors (Lipinski definition) is 3. The van der Waals surface area contributed by atoms with Gasteiger partial charge >= 0.3 is 0 Å². The molecule has 1 aliphatic heterocycles. The molecule has 2 unspecified atom stereocenters. The minimum absolute atomic E-state index is 0.363. The van der Waals surface area contributed by atoms with E-state index in [0.29, 0.717) is 12.0 Å². The molecule has 0 saturated carbocycles. The van der Waals surface area contributed by atoms with Crippen LogP contribution in [0.2, 0.25) is 0 Å². The molecule has 3 nitrogen and oxygen atoms in total. The molecule has 1 heterocycles. The van der Waals surface area contributed by atoms with E-state index in [1.165, 1.54) is 13.0 Å². The van der Waals surface area contributed by atoms with Crippen molar-refractivity contribution >= 4 is 0 Å². The third-order valence-corrected chi connectivity index (χ3v) is 2.67. The van der Waals surface area contributed by atoms with Gasteiger partial charge in [0.05, 0.1) is 6.10 Å². The fraction of sp³-hybridized carbons (Fsp3) is 1.00. The van der Waals surface area contributed by atoms with Gasteiger partial charge in [-0.15, -0.1) is 0 Å². The molecule has 13 heavy (non-hydrogen) atoms. The lowest BCUT2D eigenvalue weighted by atomic mass is 10.1. The van der Waals surface area contributed by atoms with E-state index in [2.05, 4.69) is 11.8 Å². The van der Waals surface area contributed by atoms with Gasteiger partial charge in [-0.1, -0.05) is 0 Å². The number of ether oxygens (including phenoxy) is 1. The summed E-state index contributed by atoms with van der Waals surface area (Å²) >= 11 is 0. The van der Waals surface area contributed by atoms with Crippen LogP contribution >= 0.6 is 0 Å². The van der Waals surface area contributed by atoms with Crippen molar-refractivity contribution in [3.05, 3.63) is 0 Å². The van der Waals surface area contributed by atoms with E-state index in [4.69, 9.17) is 10.5 Å². The molecule has 78 valence electrons. The third kappa shape index (κ3) is 3.63. The van der Waals surface area contributed by atoms with E-state index in [9.17, 15) is 0 Å². The van der Waals surface area contributed by atoms with Crippen molar-refractivity contribution in [1.82, 2.24) is 4.90 Å². The molecule has 0 amide bonds. The van der Waals surface area contributed by atoms with Crippen LogP contribution in [-0.2, 0) is 4.74 Å². The van der Waals surface area contributed by atoms with Crippen molar-refractivity contribution in [3.63, 3.8) is 0 Å². The van der Waals surface area contributed by atoms with Crippen LogP contribution < -0.4 is 5.73 Å². The molecule has 0 aromatic carbocycles. The molecule has 2 N–H and O–H groups in total. The van der Waals surface area contributed by atoms with Gasteiger partial charge in [0.15, 0.2) is 0 Å². The molecule has 1 fully saturated rings. The van der Waals surface area contributed by atoms with Gasteiger partial charge in [0.2, 0.25) is 0 Å². The first-order valence-corrected chi connectivity index (χ1v) is 5.30. The van der Waals surface area contributed by atoms with Crippen LogP contribution in [0.4, 0.5) is 0 Å². The lowest BCUT2D eigenvalue weighted by molar-refractivity contribution is 0.0507. The van der Waals surface area contributed by atoms with E-state index < -0.39 is 0 Å². The summed E-state index contributed by atoms with van der Waals surface area (Å²) in [6, 6.07) is 0. The summed E-state index contributed by atoms with van der Waals surface area (Å²) < 4.78 is 5.50. The Morgan fingerprint density at radius 1 is 1.62 bits per heavy atom. The van der Waals surface area contributed by atoms with Gasteiger partial charge < -0.3 is 15.4 Å². The molecule has 0 aromatic rings. The van der Waals surface area contributed by atoms with E-state index >= 15 is 0 Å². The molecular formula is C10H22N2O. The van der Waals surface area contributed by atoms with Gasteiger partial charge in [-0.25, -0.2) is 0 Å². The summed E-state index contributed by atoms with van der Waals surface area (Å²) in [5, 5.41) is 0. The van der Waals surface area contributed by atoms with Crippen LogP contribution in [0.5, 0.6) is 0 Å². The first-order chi connectivity index (χ1) is 6.26. The minimum atomic E-state index is 0.363. The average molecular weight is 186 g/mol. The van der Waals surface area contributed by atoms with Crippen molar-refractivity contribution in [2.24, 2.45) is 11.7 Å². The topological polar surface area (TPSA) is 38.5 Å². The fourth-order valence-electron chi connectivity index (χ4n) is 1.97. The zero-order valence-electron chi connectivity index (χ0n) is 8.83. The van der Waals surface area contributed by atoms with E-state index in [-0.39, 0.29) is 0 Å². The molecule has 3 heteroatoms. The smallest absolute Gasteiger partial charge is 0.0673 e. The normalized spacial score (nSPS) is 26.5. The largest absolute Gasteiger partial charge is 0.377 e. The van der Waals surface area contributed by atoms with Crippen LogP contribution in [0.3, 0.4) is 0 Å².